The Kier molecular flexibility index (Phi) is 7.21. The molecule has 8 heteroatoms. The zero-order valence-electron chi connectivity index (χ0n) is 20.1. The lowest BCUT2D eigenvalue weighted by molar-refractivity contribution is 0.601. The van der Waals surface area contributed by atoms with Crippen molar-refractivity contribution in [2.75, 3.05) is 6.26 Å². The molecule has 5 rings (SSSR count). The van der Waals surface area contributed by atoms with Gasteiger partial charge < -0.3 is 4.57 Å². The lowest BCUT2D eigenvalue weighted by Crippen LogP contribution is -2.05. The van der Waals surface area contributed by atoms with Crippen molar-refractivity contribution in [1.82, 2.24) is 14.5 Å². The van der Waals surface area contributed by atoms with Crippen LogP contribution in [0.3, 0.4) is 0 Å². The summed E-state index contributed by atoms with van der Waals surface area (Å²) in [5.41, 5.74) is 5.15. The Morgan fingerprint density at radius 1 is 0.838 bits per heavy atom. The van der Waals surface area contributed by atoms with E-state index in [1.165, 1.54) is 30.2 Å². The van der Waals surface area contributed by atoms with Crippen molar-refractivity contribution in [3.8, 4) is 22.5 Å². The van der Waals surface area contributed by atoms with E-state index < -0.39 is 9.84 Å². The van der Waals surface area contributed by atoms with Gasteiger partial charge in [0.25, 0.3) is 0 Å². The van der Waals surface area contributed by atoms with Crippen molar-refractivity contribution in [1.29, 1.82) is 0 Å². The van der Waals surface area contributed by atoms with Crippen LogP contribution in [0.4, 0.5) is 4.39 Å². The number of pyridine rings is 1. The van der Waals surface area contributed by atoms with Gasteiger partial charge in [-0.25, -0.2) is 17.8 Å². The Bertz CT molecular complexity index is 1620. The van der Waals surface area contributed by atoms with Gasteiger partial charge in [-0.2, -0.15) is 0 Å². The zero-order chi connectivity index (χ0) is 25.8. The first kappa shape index (κ1) is 24.9. The number of hydrogen-bond acceptors (Lipinski definition) is 5. The van der Waals surface area contributed by atoms with Crippen molar-refractivity contribution >= 4 is 21.6 Å². The Morgan fingerprint density at radius 2 is 1.51 bits per heavy atom. The van der Waals surface area contributed by atoms with Crippen LogP contribution in [0.2, 0.25) is 0 Å². The van der Waals surface area contributed by atoms with Crippen molar-refractivity contribution in [2.24, 2.45) is 0 Å². The normalized spacial score (nSPS) is 11.5. The fraction of sp³-hybridized carbons (Fsp3) is 0.103. The van der Waals surface area contributed by atoms with Gasteiger partial charge in [-0.15, -0.1) is 0 Å². The van der Waals surface area contributed by atoms with E-state index >= 15 is 0 Å². The maximum absolute atomic E-state index is 13.8. The highest BCUT2D eigenvalue weighted by molar-refractivity contribution is 7.98. The minimum absolute atomic E-state index is 0.315. The minimum Gasteiger partial charge on any atom is -0.314 e. The molecule has 0 fully saturated rings. The van der Waals surface area contributed by atoms with Crippen LogP contribution >= 0.6 is 11.8 Å². The molecule has 0 aliphatic heterocycles. The van der Waals surface area contributed by atoms with E-state index in [0.717, 1.165) is 38.8 Å². The zero-order valence-corrected chi connectivity index (χ0v) is 21.7. The molecule has 0 aliphatic rings. The third-order valence-electron chi connectivity index (χ3n) is 5.92. The van der Waals surface area contributed by atoms with E-state index in [-0.39, 0.29) is 5.82 Å². The van der Waals surface area contributed by atoms with Gasteiger partial charge in [-0.05, 0) is 53.6 Å². The molecule has 186 valence electrons. The quantitative estimate of drug-likeness (QED) is 0.215. The predicted octanol–water partition coefficient (Wildman–Crippen LogP) is 6.50. The second-order valence-corrected chi connectivity index (χ2v) is 11.5. The largest absolute Gasteiger partial charge is 0.314 e. The fourth-order valence-corrected chi connectivity index (χ4v) is 6.23. The molecule has 0 amide bonds. The number of benzene rings is 3. The van der Waals surface area contributed by atoms with Crippen molar-refractivity contribution in [2.45, 2.75) is 22.3 Å². The highest BCUT2D eigenvalue weighted by Crippen LogP contribution is 2.37. The molecule has 0 unspecified atom stereocenters. The SMILES string of the molecule is CS(=O)(=O)c1ccccc1CSc1nc(-c2ccc(F)cc2)c(-c2ccncc2)n1Cc1ccccc1. The van der Waals surface area contributed by atoms with Crippen LogP contribution in [0.1, 0.15) is 11.1 Å². The molecule has 2 heterocycles. The molecule has 5 nitrogen and oxygen atoms in total. The number of rotatable bonds is 8. The summed E-state index contributed by atoms with van der Waals surface area (Å²) in [4.78, 5) is 9.51. The molecule has 0 atom stereocenters. The summed E-state index contributed by atoms with van der Waals surface area (Å²) in [5.74, 6) is 0.109. The molecule has 0 saturated carbocycles. The Morgan fingerprint density at radius 3 is 2.22 bits per heavy atom. The fourth-order valence-electron chi connectivity index (χ4n) is 4.19. The van der Waals surface area contributed by atoms with Gasteiger partial charge in [0.1, 0.15) is 5.82 Å². The first-order valence-electron chi connectivity index (χ1n) is 11.6. The van der Waals surface area contributed by atoms with Gasteiger partial charge in [0, 0.05) is 35.5 Å². The molecule has 0 saturated heterocycles. The summed E-state index contributed by atoms with van der Waals surface area (Å²) in [5, 5.41) is 0.735. The van der Waals surface area contributed by atoms with Crippen LogP contribution in [0.25, 0.3) is 22.5 Å². The van der Waals surface area contributed by atoms with E-state index in [1.807, 2.05) is 42.5 Å². The second kappa shape index (κ2) is 10.7. The predicted molar refractivity (Wildman–Crippen MR) is 146 cm³/mol. The highest BCUT2D eigenvalue weighted by Gasteiger charge is 2.22. The molecule has 0 N–H and O–H groups in total. The van der Waals surface area contributed by atoms with E-state index in [0.29, 0.717) is 17.2 Å². The lowest BCUT2D eigenvalue weighted by atomic mass is 10.1. The van der Waals surface area contributed by atoms with Crippen molar-refractivity contribution in [3.63, 3.8) is 0 Å². The van der Waals surface area contributed by atoms with Gasteiger partial charge >= 0.3 is 0 Å². The molecular weight excluding hydrogens is 505 g/mol. The second-order valence-electron chi connectivity index (χ2n) is 8.57. The van der Waals surface area contributed by atoms with Gasteiger partial charge in [0.2, 0.25) is 0 Å². The molecule has 5 aromatic rings. The number of imidazole rings is 1. The number of halogens is 1. The van der Waals surface area contributed by atoms with E-state index in [2.05, 4.69) is 21.7 Å². The molecule has 37 heavy (non-hydrogen) atoms. The maximum atomic E-state index is 13.8. The Balaban J connectivity index is 1.66. The monoisotopic (exact) mass is 529 g/mol. The van der Waals surface area contributed by atoms with Crippen LogP contribution in [0.5, 0.6) is 0 Å². The molecule has 0 aliphatic carbocycles. The average Bonchev–Trinajstić information content (AvgIpc) is 3.26. The van der Waals surface area contributed by atoms with Crippen LogP contribution < -0.4 is 0 Å². The van der Waals surface area contributed by atoms with Gasteiger partial charge in [-0.3, -0.25) is 4.98 Å². The molecular formula is C29H24FN3O2S2. The van der Waals surface area contributed by atoms with Crippen LogP contribution in [-0.4, -0.2) is 29.2 Å². The van der Waals surface area contributed by atoms with Gasteiger partial charge in [0.15, 0.2) is 15.0 Å². The molecule has 0 bridgehead atoms. The summed E-state index contributed by atoms with van der Waals surface area (Å²) in [6.45, 7) is 0.558. The summed E-state index contributed by atoms with van der Waals surface area (Å²) >= 11 is 1.47. The van der Waals surface area contributed by atoms with Crippen LogP contribution in [-0.2, 0) is 22.1 Å². The summed E-state index contributed by atoms with van der Waals surface area (Å²) in [7, 11) is -3.37. The van der Waals surface area contributed by atoms with Crippen molar-refractivity contribution in [3.05, 3.63) is 120 Å². The van der Waals surface area contributed by atoms with Gasteiger partial charge in [-0.1, -0.05) is 60.3 Å². The summed E-state index contributed by atoms with van der Waals surface area (Å²) in [6, 6.07) is 27.3. The van der Waals surface area contributed by atoms with Crippen molar-refractivity contribution < 1.29 is 12.8 Å². The third-order valence-corrected chi connectivity index (χ3v) is 8.14. The number of thioether (sulfide) groups is 1. The summed E-state index contributed by atoms with van der Waals surface area (Å²) < 4.78 is 40.6. The number of sulfone groups is 1. The van der Waals surface area contributed by atoms with Gasteiger partial charge in [0.05, 0.1) is 22.8 Å². The van der Waals surface area contributed by atoms with Crippen LogP contribution in [0, 0.1) is 5.82 Å². The van der Waals surface area contributed by atoms with Crippen LogP contribution in [0.15, 0.2) is 113 Å². The Hall–Kier alpha value is -3.75. The van der Waals surface area contributed by atoms with E-state index in [9.17, 15) is 12.8 Å². The standard InChI is InChI=1S/C29H24FN3O2S2/c1-37(34,35)26-10-6-5-9-24(26)20-36-29-32-27(22-11-13-25(30)14-12-22)28(23-15-17-31-18-16-23)33(29)19-21-7-3-2-4-8-21/h2-18H,19-20H2,1H3. The number of nitrogens with zero attached hydrogens (tertiary/aromatic N) is 3. The molecule has 3 aromatic carbocycles. The lowest BCUT2D eigenvalue weighted by Gasteiger charge is -2.14. The first-order chi connectivity index (χ1) is 17.9. The molecule has 0 radical (unpaired) electrons. The topological polar surface area (TPSA) is 64.8 Å². The van der Waals surface area contributed by atoms with E-state index in [4.69, 9.17) is 4.98 Å². The summed E-state index contributed by atoms with van der Waals surface area (Å²) in [6.07, 6.45) is 4.69. The number of hydrogen-bond donors (Lipinski definition) is 0. The Labute approximate surface area is 220 Å². The third kappa shape index (κ3) is 5.65. The maximum Gasteiger partial charge on any atom is 0.175 e. The first-order valence-corrected chi connectivity index (χ1v) is 14.5. The highest BCUT2D eigenvalue weighted by atomic mass is 32.2. The molecule has 0 spiro atoms. The minimum atomic E-state index is -3.37. The van der Waals surface area contributed by atoms with E-state index in [1.54, 1.807) is 36.7 Å². The smallest absolute Gasteiger partial charge is 0.175 e. The average molecular weight is 530 g/mol. The number of aromatic nitrogens is 3. The molecule has 2 aromatic heterocycles.